The number of anilines is 1. The average molecular weight is 612 g/mol. The third kappa shape index (κ3) is 4.95. The van der Waals surface area contributed by atoms with E-state index in [4.69, 9.17) is 18.6 Å². The van der Waals surface area contributed by atoms with E-state index in [-0.39, 0.29) is 16.8 Å². The number of benzene rings is 4. The van der Waals surface area contributed by atoms with Crippen LogP contribution in [0.4, 0.5) is 5.69 Å². The number of fused-ring (bicyclic) bond motifs is 2. The third-order valence-electron chi connectivity index (χ3n) is 7.00. The monoisotopic (exact) mass is 611 g/mol. The molecule has 6 rings (SSSR count). The van der Waals surface area contributed by atoms with Crippen LogP contribution in [0.15, 0.2) is 105 Å². The molecule has 1 unspecified atom stereocenters. The third-order valence-corrected chi connectivity index (χ3v) is 7.50. The van der Waals surface area contributed by atoms with Crippen LogP contribution in [-0.4, -0.2) is 19.6 Å². The van der Waals surface area contributed by atoms with E-state index in [0.717, 1.165) is 10.0 Å². The van der Waals surface area contributed by atoms with Gasteiger partial charge in [-0.3, -0.25) is 14.5 Å². The van der Waals surface area contributed by atoms with Crippen LogP contribution in [0.2, 0.25) is 0 Å². The van der Waals surface area contributed by atoms with Gasteiger partial charge in [0.05, 0.1) is 30.7 Å². The van der Waals surface area contributed by atoms with E-state index >= 15 is 0 Å². The Labute approximate surface area is 245 Å². The molecule has 1 aliphatic heterocycles. The normalized spacial score (nSPS) is 14.3. The molecule has 8 heteroatoms. The number of amides is 1. The van der Waals surface area contributed by atoms with E-state index in [0.29, 0.717) is 52.7 Å². The van der Waals surface area contributed by atoms with Crippen LogP contribution in [0.5, 0.6) is 17.2 Å². The summed E-state index contributed by atoms with van der Waals surface area (Å²) in [4.78, 5) is 29.5. The molecule has 41 heavy (non-hydrogen) atoms. The maximum Gasteiger partial charge on any atom is 0.295 e. The van der Waals surface area contributed by atoms with Gasteiger partial charge < -0.3 is 18.6 Å². The highest BCUT2D eigenvalue weighted by Crippen LogP contribution is 2.44. The first-order valence-corrected chi connectivity index (χ1v) is 13.9. The predicted octanol–water partition coefficient (Wildman–Crippen LogP) is 7.29. The van der Waals surface area contributed by atoms with Gasteiger partial charge in [-0.25, -0.2) is 0 Å². The molecule has 0 bridgehead atoms. The Morgan fingerprint density at radius 3 is 2.39 bits per heavy atom. The Morgan fingerprint density at radius 2 is 1.66 bits per heavy atom. The lowest BCUT2D eigenvalue weighted by Crippen LogP contribution is -2.29. The summed E-state index contributed by atoms with van der Waals surface area (Å²) in [7, 11) is 1.58. The summed E-state index contributed by atoms with van der Waals surface area (Å²) < 4.78 is 24.2. The molecule has 7 nitrogen and oxygen atoms in total. The molecule has 0 spiro atoms. The molecule has 0 aliphatic carbocycles. The lowest BCUT2D eigenvalue weighted by Gasteiger charge is -2.26. The highest BCUT2D eigenvalue weighted by atomic mass is 79.9. The van der Waals surface area contributed by atoms with Crippen LogP contribution in [-0.2, 0) is 6.61 Å². The zero-order valence-electron chi connectivity index (χ0n) is 22.4. The second kappa shape index (κ2) is 11.1. The molecule has 1 aromatic heterocycles. The summed E-state index contributed by atoms with van der Waals surface area (Å²) in [5.41, 5.74) is 2.66. The first kappa shape index (κ1) is 26.7. The number of nitrogens with zero attached hydrogens (tertiary/aromatic N) is 1. The van der Waals surface area contributed by atoms with Crippen molar-refractivity contribution in [2.75, 3.05) is 18.6 Å². The second-order valence-corrected chi connectivity index (χ2v) is 10.4. The van der Waals surface area contributed by atoms with Crippen molar-refractivity contribution >= 4 is 38.5 Å². The summed E-state index contributed by atoms with van der Waals surface area (Å²) >= 11 is 3.45. The van der Waals surface area contributed by atoms with Crippen molar-refractivity contribution in [1.82, 2.24) is 0 Å². The molecule has 206 valence electrons. The van der Waals surface area contributed by atoms with E-state index in [1.807, 2.05) is 55.5 Å². The summed E-state index contributed by atoms with van der Waals surface area (Å²) in [6.07, 6.45) is 0. The van der Waals surface area contributed by atoms with Gasteiger partial charge in [-0.05, 0) is 72.6 Å². The molecule has 4 aromatic carbocycles. The van der Waals surface area contributed by atoms with Crippen molar-refractivity contribution in [3.05, 3.63) is 128 Å². The van der Waals surface area contributed by atoms with Gasteiger partial charge in [0.2, 0.25) is 5.76 Å². The Bertz CT molecular complexity index is 1800. The maximum atomic E-state index is 14.0. The Balaban J connectivity index is 1.50. The molecule has 1 aliphatic rings. The van der Waals surface area contributed by atoms with Crippen molar-refractivity contribution in [3.63, 3.8) is 0 Å². The largest absolute Gasteiger partial charge is 0.497 e. The van der Waals surface area contributed by atoms with Gasteiger partial charge >= 0.3 is 0 Å². The van der Waals surface area contributed by atoms with Crippen molar-refractivity contribution in [2.45, 2.75) is 19.6 Å². The van der Waals surface area contributed by atoms with Crippen LogP contribution < -0.4 is 24.5 Å². The minimum atomic E-state index is -0.757. The average Bonchev–Trinajstić information content (AvgIpc) is 3.29. The molecular formula is C33H26BrNO6. The van der Waals surface area contributed by atoms with E-state index in [1.54, 1.807) is 54.5 Å². The predicted molar refractivity (Wildman–Crippen MR) is 160 cm³/mol. The molecule has 0 saturated carbocycles. The van der Waals surface area contributed by atoms with Crippen LogP contribution in [0.1, 0.15) is 40.2 Å². The lowest BCUT2D eigenvalue weighted by atomic mass is 9.97. The fourth-order valence-electron chi connectivity index (χ4n) is 5.09. The smallest absolute Gasteiger partial charge is 0.295 e. The maximum absolute atomic E-state index is 14.0. The van der Waals surface area contributed by atoms with Gasteiger partial charge in [-0.2, -0.15) is 0 Å². The highest BCUT2D eigenvalue weighted by molar-refractivity contribution is 9.10. The van der Waals surface area contributed by atoms with Gasteiger partial charge in [0.25, 0.3) is 5.91 Å². The van der Waals surface area contributed by atoms with E-state index < -0.39 is 11.9 Å². The molecule has 1 atom stereocenters. The number of carbonyl (C=O) groups is 1. The molecule has 0 N–H and O–H groups in total. The molecule has 5 aromatic rings. The minimum absolute atomic E-state index is 0.0213. The summed E-state index contributed by atoms with van der Waals surface area (Å²) in [5, 5.41) is 0.389. The van der Waals surface area contributed by atoms with Crippen molar-refractivity contribution in [3.8, 4) is 17.2 Å². The van der Waals surface area contributed by atoms with Gasteiger partial charge in [0.15, 0.2) is 16.9 Å². The Hall–Kier alpha value is -4.56. The fraction of sp³-hybridized carbons (Fsp3) is 0.152. The van der Waals surface area contributed by atoms with Gasteiger partial charge in [0, 0.05) is 10.2 Å². The standard InChI is InChI=1S/C33H26BrNO6/c1-3-39-28-17-21(9-15-27(28)40-19-20-7-5-4-6-8-20)30-29-31(36)25-18-22(34)10-16-26(25)41-32(29)33(37)35(30)23-11-13-24(38-2)14-12-23/h4-18,30H,3,19H2,1-2H3. The fourth-order valence-corrected chi connectivity index (χ4v) is 5.45. The van der Waals surface area contributed by atoms with Crippen molar-refractivity contribution in [1.29, 1.82) is 0 Å². The highest BCUT2D eigenvalue weighted by Gasteiger charge is 2.44. The van der Waals surface area contributed by atoms with Crippen LogP contribution in [0.25, 0.3) is 11.0 Å². The van der Waals surface area contributed by atoms with Crippen LogP contribution in [0.3, 0.4) is 0 Å². The van der Waals surface area contributed by atoms with E-state index in [2.05, 4.69) is 15.9 Å². The minimum Gasteiger partial charge on any atom is -0.497 e. The summed E-state index contributed by atoms with van der Waals surface area (Å²) in [5.74, 6) is 1.35. The van der Waals surface area contributed by atoms with E-state index in [1.165, 1.54) is 0 Å². The summed E-state index contributed by atoms with van der Waals surface area (Å²) in [6, 6.07) is 26.9. The molecule has 0 fully saturated rings. The van der Waals surface area contributed by atoms with Crippen molar-refractivity contribution < 1.29 is 23.4 Å². The summed E-state index contributed by atoms with van der Waals surface area (Å²) in [6.45, 7) is 2.67. The topological polar surface area (TPSA) is 78.2 Å². The number of halogens is 1. The van der Waals surface area contributed by atoms with Gasteiger partial charge in [0.1, 0.15) is 17.9 Å². The zero-order valence-corrected chi connectivity index (χ0v) is 24.0. The first-order valence-electron chi connectivity index (χ1n) is 13.2. The number of ether oxygens (including phenoxy) is 3. The second-order valence-electron chi connectivity index (χ2n) is 9.50. The number of hydrogen-bond acceptors (Lipinski definition) is 6. The number of hydrogen-bond donors (Lipinski definition) is 0. The first-order chi connectivity index (χ1) is 20.0. The Kier molecular flexibility index (Phi) is 7.24. The van der Waals surface area contributed by atoms with Crippen LogP contribution >= 0.6 is 15.9 Å². The zero-order chi connectivity index (χ0) is 28.5. The van der Waals surface area contributed by atoms with E-state index in [9.17, 15) is 9.59 Å². The van der Waals surface area contributed by atoms with Gasteiger partial charge in [-0.15, -0.1) is 0 Å². The number of methoxy groups -OCH3 is 1. The lowest BCUT2D eigenvalue weighted by molar-refractivity contribution is 0.0971. The molecule has 0 radical (unpaired) electrons. The molecule has 1 amide bonds. The quantitative estimate of drug-likeness (QED) is 0.183. The number of carbonyl (C=O) groups excluding carboxylic acids is 1. The molecule has 0 saturated heterocycles. The van der Waals surface area contributed by atoms with Gasteiger partial charge in [-0.1, -0.05) is 52.3 Å². The SMILES string of the molecule is CCOc1cc(C2c3c(oc4ccc(Br)cc4c3=O)C(=O)N2c2ccc(OC)cc2)ccc1OCc1ccccc1. The number of rotatable bonds is 8. The molecular weight excluding hydrogens is 586 g/mol. The van der Waals surface area contributed by atoms with Crippen molar-refractivity contribution in [2.24, 2.45) is 0 Å². The molecule has 2 heterocycles. The van der Waals surface area contributed by atoms with Crippen LogP contribution in [0, 0.1) is 0 Å². The Morgan fingerprint density at radius 1 is 0.878 bits per heavy atom.